The van der Waals surface area contributed by atoms with Crippen LogP contribution in [-0.2, 0) is 11.3 Å². The molecule has 1 aromatic heterocycles. The first-order chi connectivity index (χ1) is 15.9. The van der Waals surface area contributed by atoms with E-state index >= 15 is 0 Å². The molecule has 0 saturated heterocycles. The maximum absolute atomic E-state index is 13.5. The Labute approximate surface area is 203 Å². The van der Waals surface area contributed by atoms with Crippen molar-refractivity contribution >= 4 is 68.3 Å². The van der Waals surface area contributed by atoms with Crippen LogP contribution in [0.1, 0.15) is 6.92 Å². The van der Waals surface area contributed by atoms with E-state index in [2.05, 4.69) is 11.7 Å². The number of amides is 1. The molecular formula is C24H19ClN4O2S2. The van der Waals surface area contributed by atoms with Crippen LogP contribution < -0.4 is 24.7 Å². The molecule has 3 aromatic rings. The molecule has 2 aromatic carbocycles. The lowest BCUT2D eigenvalue weighted by atomic mass is 10.2. The van der Waals surface area contributed by atoms with Crippen molar-refractivity contribution in [2.45, 2.75) is 18.4 Å². The van der Waals surface area contributed by atoms with Gasteiger partial charge in [0.05, 0.1) is 22.7 Å². The summed E-state index contributed by atoms with van der Waals surface area (Å²) in [4.78, 5) is 29.9. The van der Waals surface area contributed by atoms with Gasteiger partial charge in [-0.1, -0.05) is 47.6 Å². The third-order valence-corrected chi connectivity index (χ3v) is 8.21. The van der Waals surface area contributed by atoms with E-state index in [0.29, 0.717) is 37.7 Å². The molecule has 5 rings (SSSR count). The molecule has 0 atom stereocenters. The summed E-state index contributed by atoms with van der Waals surface area (Å²) in [5.41, 5.74) is 2.47. The number of hydrogen-bond acceptors (Lipinski definition) is 6. The van der Waals surface area contributed by atoms with Crippen molar-refractivity contribution in [1.82, 2.24) is 4.57 Å². The minimum absolute atomic E-state index is 0.158. The summed E-state index contributed by atoms with van der Waals surface area (Å²) in [6.45, 7) is 5.89. The second-order valence-corrected chi connectivity index (χ2v) is 10.00. The minimum Gasteiger partial charge on any atom is -0.337 e. The van der Waals surface area contributed by atoms with Gasteiger partial charge < -0.3 is 4.90 Å². The lowest BCUT2D eigenvalue weighted by molar-refractivity contribution is -0.112. The van der Waals surface area contributed by atoms with Crippen molar-refractivity contribution in [2.75, 3.05) is 17.0 Å². The Balaban J connectivity index is 1.74. The molecule has 0 bridgehead atoms. The molecule has 33 heavy (non-hydrogen) atoms. The van der Waals surface area contributed by atoms with Gasteiger partial charge >= 0.3 is 0 Å². The topological polar surface area (TPSA) is 57.9 Å². The highest BCUT2D eigenvalue weighted by Crippen LogP contribution is 2.46. The summed E-state index contributed by atoms with van der Waals surface area (Å²) in [5.74, 6) is -0.253. The number of anilines is 2. The number of carbonyl (C=O) groups excluding carboxylic acids is 1. The molecule has 0 unspecified atom stereocenters. The van der Waals surface area contributed by atoms with Gasteiger partial charge in [0.15, 0.2) is 0 Å². The molecule has 2 aliphatic rings. The van der Waals surface area contributed by atoms with Crippen LogP contribution >= 0.6 is 34.7 Å². The highest BCUT2D eigenvalue weighted by Gasteiger charge is 2.32. The largest absolute Gasteiger partial charge is 0.337 e. The maximum Gasteiger partial charge on any atom is 0.283 e. The number of hydrogen-bond donors (Lipinski definition) is 0. The second kappa shape index (κ2) is 8.37. The predicted octanol–water partition coefficient (Wildman–Crippen LogP) is 3.63. The number of halogens is 1. The Hall–Kier alpha value is -3.07. The van der Waals surface area contributed by atoms with Crippen LogP contribution in [0.4, 0.5) is 11.4 Å². The van der Waals surface area contributed by atoms with Crippen molar-refractivity contribution in [1.29, 1.82) is 0 Å². The van der Waals surface area contributed by atoms with Crippen LogP contribution in [0.25, 0.3) is 10.6 Å². The zero-order valence-electron chi connectivity index (χ0n) is 17.9. The Morgan fingerprint density at radius 2 is 1.91 bits per heavy atom. The van der Waals surface area contributed by atoms with E-state index in [-0.39, 0.29) is 11.5 Å². The van der Waals surface area contributed by atoms with Gasteiger partial charge in [-0.25, -0.2) is 0 Å². The summed E-state index contributed by atoms with van der Waals surface area (Å²) >= 11 is 9.02. The maximum atomic E-state index is 13.5. The number of carbonyl (C=O) groups is 1. The molecule has 3 heterocycles. The lowest BCUT2D eigenvalue weighted by Gasteiger charge is -2.12. The summed E-state index contributed by atoms with van der Waals surface area (Å²) in [6.07, 6.45) is 1.66. The Morgan fingerprint density at radius 1 is 1.15 bits per heavy atom. The first-order valence-electron chi connectivity index (χ1n) is 10.2. The number of allylic oxidation sites excluding steroid dienone is 1. The average Bonchev–Trinajstić information content (AvgIpc) is 3.40. The van der Waals surface area contributed by atoms with E-state index < -0.39 is 0 Å². The first kappa shape index (κ1) is 21.8. The molecule has 0 spiro atoms. The normalized spacial score (nSPS) is 18.6. The summed E-state index contributed by atoms with van der Waals surface area (Å²) < 4.78 is 2.75. The monoisotopic (exact) mass is 494 g/mol. The number of thiazole rings is 1. The van der Waals surface area contributed by atoms with E-state index in [4.69, 9.17) is 11.6 Å². The van der Waals surface area contributed by atoms with E-state index in [1.165, 1.54) is 28.1 Å². The third-order valence-electron chi connectivity index (χ3n) is 5.42. The van der Waals surface area contributed by atoms with Gasteiger partial charge in [-0.05, 0) is 37.3 Å². The molecule has 0 aliphatic carbocycles. The van der Waals surface area contributed by atoms with Crippen molar-refractivity contribution in [3.05, 3.63) is 85.8 Å². The standard InChI is InChI=1S/C24H19ClN4O2S2/c1-4-12-28-22(31)20(24-27(3)17-13-15(25)10-11-18(17)32-24)33-23(28)19-14(2)26-29(21(19)30)16-8-6-5-7-9-16/h4-11,13H,1,12H2,2-3H3. The Morgan fingerprint density at radius 3 is 2.64 bits per heavy atom. The van der Waals surface area contributed by atoms with Gasteiger partial charge in [-0.3, -0.25) is 14.2 Å². The van der Waals surface area contributed by atoms with E-state index in [1.807, 2.05) is 60.5 Å². The van der Waals surface area contributed by atoms with Gasteiger partial charge in [-0.15, -0.1) is 17.9 Å². The summed E-state index contributed by atoms with van der Waals surface area (Å²) in [5, 5.41) is 7.32. The highest BCUT2D eigenvalue weighted by atomic mass is 35.5. The number of thioether (sulfide) groups is 1. The molecule has 2 aliphatic heterocycles. The molecule has 0 saturated carbocycles. The number of nitrogens with zero attached hydrogens (tertiary/aromatic N) is 4. The van der Waals surface area contributed by atoms with E-state index in [9.17, 15) is 9.59 Å². The molecule has 9 heteroatoms. The molecular weight excluding hydrogens is 476 g/mol. The molecule has 1 amide bonds. The fourth-order valence-corrected chi connectivity index (χ4v) is 6.54. The molecule has 166 valence electrons. The minimum atomic E-state index is -0.253. The molecule has 0 radical (unpaired) electrons. The number of rotatable bonds is 3. The van der Waals surface area contributed by atoms with Crippen molar-refractivity contribution in [3.63, 3.8) is 0 Å². The van der Waals surface area contributed by atoms with Gasteiger partial charge in [0, 0.05) is 23.5 Å². The van der Waals surface area contributed by atoms with Crippen LogP contribution in [-0.4, -0.2) is 23.2 Å². The van der Waals surface area contributed by atoms with Crippen LogP contribution in [0, 0.1) is 0 Å². The number of para-hydroxylation sites is 1. The number of hydrazone groups is 1. The van der Waals surface area contributed by atoms with E-state index in [1.54, 1.807) is 17.6 Å². The predicted molar refractivity (Wildman–Crippen MR) is 138 cm³/mol. The molecule has 0 N–H and O–H groups in total. The fourth-order valence-electron chi connectivity index (χ4n) is 3.84. The van der Waals surface area contributed by atoms with Crippen molar-refractivity contribution < 1.29 is 4.79 Å². The van der Waals surface area contributed by atoms with Gasteiger partial charge in [0.25, 0.3) is 11.5 Å². The molecule has 6 nitrogen and oxygen atoms in total. The first-order valence-corrected chi connectivity index (χ1v) is 12.2. The highest BCUT2D eigenvalue weighted by molar-refractivity contribution is 8.08. The number of fused-ring (bicyclic) bond motifs is 1. The van der Waals surface area contributed by atoms with E-state index in [0.717, 1.165) is 15.6 Å². The van der Waals surface area contributed by atoms with Gasteiger partial charge in [0.1, 0.15) is 14.2 Å². The van der Waals surface area contributed by atoms with Crippen LogP contribution in [0.15, 0.2) is 76.0 Å². The van der Waals surface area contributed by atoms with Gasteiger partial charge in [0.2, 0.25) is 0 Å². The van der Waals surface area contributed by atoms with Crippen molar-refractivity contribution in [2.24, 2.45) is 5.10 Å². The Kier molecular flexibility index (Phi) is 5.52. The smallest absolute Gasteiger partial charge is 0.283 e. The average molecular weight is 495 g/mol. The summed E-state index contributed by atoms with van der Waals surface area (Å²) in [6, 6.07) is 14.9. The second-order valence-electron chi connectivity index (χ2n) is 7.53. The number of aromatic nitrogens is 1. The third kappa shape index (κ3) is 3.55. The zero-order chi connectivity index (χ0) is 23.3. The zero-order valence-corrected chi connectivity index (χ0v) is 20.3. The van der Waals surface area contributed by atoms with Crippen LogP contribution in [0.5, 0.6) is 0 Å². The van der Waals surface area contributed by atoms with Gasteiger partial charge in [-0.2, -0.15) is 10.1 Å². The summed E-state index contributed by atoms with van der Waals surface area (Å²) in [7, 11) is 1.92. The van der Waals surface area contributed by atoms with Crippen LogP contribution in [0.3, 0.4) is 0 Å². The fraction of sp³-hybridized carbons (Fsp3) is 0.125. The molecule has 0 fully saturated rings. The Bertz CT molecular complexity index is 1520. The quantitative estimate of drug-likeness (QED) is 0.522. The van der Waals surface area contributed by atoms with Crippen LogP contribution in [0.2, 0.25) is 5.02 Å². The lowest BCUT2D eigenvalue weighted by Crippen LogP contribution is -2.35. The SMILES string of the molecule is C=CCn1c(=C2C(=O)N(c3ccccc3)N=C2C)sc(=C2Sc3ccc(Cl)cc3N2C)c1=O. The number of benzene rings is 2. The van der Waals surface area contributed by atoms with Crippen molar-refractivity contribution in [3.8, 4) is 0 Å².